The molecule has 0 spiro atoms. The third-order valence-corrected chi connectivity index (χ3v) is 2.74. The predicted molar refractivity (Wildman–Crippen MR) is 61.2 cm³/mol. The second-order valence-corrected chi connectivity index (χ2v) is 3.77. The monoisotopic (exact) mass is 228 g/mol. The first-order valence-electron chi connectivity index (χ1n) is 5.38. The molecule has 5 nitrogen and oxygen atoms in total. The lowest BCUT2D eigenvalue weighted by Crippen LogP contribution is -2.37. The number of hydrogen-bond acceptors (Lipinski definition) is 4. The van der Waals surface area contributed by atoms with Crippen molar-refractivity contribution in [2.75, 3.05) is 40.4 Å². The van der Waals surface area contributed by atoms with Crippen LogP contribution in [0.2, 0.25) is 0 Å². The van der Waals surface area contributed by atoms with E-state index in [2.05, 4.69) is 11.9 Å². The van der Waals surface area contributed by atoms with Gasteiger partial charge in [-0.3, -0.25) is 4.79 Å². The Morgan fingerprint density at radius 2 is 2.00 bits per heavy atom. The number of nitrogens with one attached hydrogen (secondary N) is 1. The molecule has 0 bridgehead atoms. The van der Waals surface area contributed by atoms with Crippen molar-refractivity contribution in [3.05, 3.63) is 12.7 Å². The summed E-state index contributed by atoms with van der Waals surface area (Å²) in [6.07, 6.45) is 1.69. The van der Waals surface area contributed by atoms with E-state index in [1.165, 1.54) is 0 Å². The van der Waals surface area contributed by atoms with Crippen LogP contribution in [-0.4, -0.2) is 63.4 Å². The van der Waals surface area contributed by atoms with Crippen LogP contribution in [-0.2, 0) is 14.3 Å². The highest BCUT2D eigenvalue weighted by Crippen LogP contribution is 2.15. The van der Waals surface area contributed by atoms with Crippen LogP contribution in [0.25, 0.3) is 0 Å². The topological polar surface area (TPSA) is 50.8 Å². The van der Waals surface area contributed by atoms with Crippen LogP contribution in [0, 0.1) is 0 Å². The molecule has 1 N–H and O–H groups in total. The number of likely N-dealkylation sites (tertiary alicyclic amines) is 1. The van der Waals surface area contributed by atoms with Crippen molar-refractivity contribution in [2.24, 2.45) is 0 Å². The summed E-state index contributed by atoms with van der Waals surface area (Å²) in [6, 6.07) is 0. The zero-order valence-electron chi connectivity index (χ0n) is 9.94. The molecule has 1 heterocycles. The zero-order chi connectivity index (χ0) is 12.0. The molecule has 92 valence electrons. The van der Waals surface area contributed by atoms with E-state index in [0.717, 1.165) is 0 Å². The van der Waals surface area contributed by atoms with E-state index in [0.29, 0.717) is 26.2 Å². The number of nitrogens with zero attached hydrogens (tertiary/aromatic N) is 1. The summed E-state index contributed by atoms with van der Waals surface area (Å²) in [4.78, 5) is 13.5. The van der Waals surface area contributed by atoms with Gasteiger partial charge in [-0.05, 0) is 0 Å². The molecule has 5 heteroatoms. The lowest BCUT2D eigenvalue weighted by atomic mass is 10.3. The number of amides is 1. The van der Waals surface area contributed by atoms with Gasteiger partial charge in [0.25, 0.3) is 0 Å². The molecule has 1 fully saturated rings. The summed E-state index contributed by atoms with van der Waals surface area (Å²) in [5.74, 6) is 0.0726. The van der Waals surface area contributed by atoms with Gasteiger partial charge < -0.3 is 19.7 Å². The van der Waals surface area contributed by atoms with E-state index in [1.54, 1.807) is 25.2 Å². The minimum atomic E-state index is -0.0200. The molecule has 0 aromatic carbocycles. The Bertz CT molecular complexity index is 233. The van der Waals surface area contributed by atoms with Crippen molar-refractivity contribution >= 4 is 5.91 Å². The average Bonchev–Trinajstić information content (AvgIpc) is 2.72. The quantitative estimate of drug-likeness (QED) is 0.498. The van der Waals surface area contributed by atoms with E-state index in [1.807, 2.05) is 0 Å². The molecule has 2 unspecified atom stereocenters. The van der Waals surface area contributed by atoms with Gasteiger partial charge in [0.2, 0.25) is 5.91 Å². The number of carbonyl (C=O) groups excluding carboxylic acids is 1. The Labute approximate surface area is 96.4 Å². The first kappa shape index (κ1) is 13.2. The molecule has 0 aromatic rings. The first-order valence-corrected chi connectivity index (χ1v) is 5.38. The molecular weight excluding hydrogens is 208 g/mol. The molecule has 0 aromatic heterocycles. The summed E-state index contributed by atoms with van der Waals surface area (Å²) in [7, 11) is 3.28. The molecule has 1 aliphatic rings. The van der Waals surface area contributed by atoms with Crippen molar-refractivity contribution in [1.29, 1.82) is 0 Å². The zero-order valence-corrected chi connectivity index (χ0v) is 9.94. The maximum Gasteiger partial charge on any atom is 0.236 e. The Balaban J connectivity index is 2.38. The Hall–Kier alpha value is -0.910. The summed E-state index contributed by atoms with van der Waals surface area (Å²) in [6.45, 7) is 5.75. The summed E-state index contributed by atoms with van der Waals surface area (Å²) in [5, 5.41) is 2.99. The summed E-state index contributed by atoms with van der Waals surface area (Å²) in [5.41, 5.74) is 0. The Morgan fingerprint density at radius 1 is 1.44 bits per heavy atom. The Kier molecular flexibility index (Phi) is 5.45. The van der Waals surface area contributed by atoms with E-state index in [9.17, 15) is 4.79 Å². The van der Waals surface area contributed by atoms with Gasteiger partial charge in [-0.15, -0.1) is 6.58 Å². The van der Waals surface area contributed by atoms with E-state index in [4.69, 9.17) is 9.47 Å². The van der Waals surface area contributed by atoms with Crippen LogP contribution < -0.4 is 5.32 Å². The van der Waals surface area contributed by atoms with Crippen LogP contribution in [0.1, 0.15) is 0 Å². The van der Waals surface area contributed by atoms with Gasteiger partial charge in [-0.1, -0.05) is 6.08 Å². The second kappa shape index (κ2) is 6.62. The highest BCUT2D eigenvalue weighted by atomic mass is 16.5. The number of carbonyl (C=O) groups is 1. The third-order valence-electron chi connectivity index (χ3n) is 2.74. The van der Waals surface area contributed by atoms with Crippen molar-refractivity contribution in [1.82, 2.24) is 10.2 Å². The molecule has 2 atom stereocenters. The van der Waals surface area contributed by atoms with Crippen LogP contribution in [0.15, 0.2) is 12.7 Å². The molecule has 0 radical (unpaired) electrons. The molecule has 0 saturated carbocycles. The molecular formula is C11H20N2O3. The van der Waals surface area contributed by atoms with Gasteiger partial charge in [0.1, 0.15) is 12.2 Å². The minimum Gasteiger partial charge on any atom is -0.377 e. The van der Waals surface area contributed by atoms with E-state index in [-0.39, 0.29) is 18.1 Å². The minimum absolute atomic E-state index is 0.0200. The lowest BCUT2D eigenvalue weighted by Gasteiger charge is -2.15. The van der Waals surface area contributed by atoms with Crippen molar-refractivity contribution in [2.45, 2.75) is 12.2 Å². The van der Waals surface area contributed by atoms with Crippen LogP contribution >= 0.6 is 0 Å². The van der Waals surface area contributed by atoms with Crippen molar-refractivity contribution < 1.29 is 14.3 Å². The summed E-state index contributed by atoms with van der Waals surface area (Å²) >= 11 is 0. The lowest BCUT2D eigenvalue weighted by molar-refractivity contribution is -0.129. The second-order valence-electron chi connectivity index (χ2n) is 3.77. The maximum atomic E-state index is 11.8. The summed E-state index contributed by atoms with van der Waals surface area (Å²) < 4.78 is 10.5. The highest BCUT2D eigenvalue weighted by Gasteiger charge is 2.34. The van der Waals surface area contributed by atoms with Gasteiger partial charge in [-0.2, -0.15) is 0 Å². The van der Waals surface area contributed by atoms with Crippen molar-refractivity contribution in [3.63, 3.8) is 0 Å². The molecule has 16 heavy (non-hydrogen) atoms. The molecule has 0 aliphatic carbocycles. The van der Waals surface area contributed by atoms with Crippen molar-refractivity contribution in [3.8, 4) is 0 Å². The van der Waals surface area contributed by atoms with E-state index >= 15 is 0 Å². The fourth-order valence-electron chi connectivity index (χ4n) is 1.79. The maximum absolute atomic E-state index is 11.8. The molecule has 1 amide bonds. The van der Waals surface area contributed by atoms with Crippen LogP contribution in [0.5, 0.6) is 0 Å². The fraction of sp³-hybridized carbons (Fsp3) is 0.727. The van der Waals surface area contributed by atoms with E-state index < -0.39 is 0 Å². The standard InChI is InChI=1S/C11H20N2O3/c1-4-5-12-6-11(14)13-7-9(15-2)10(8-13)16-3/h4,9-10,12H,1,5-8H2,2-3H3. The highest BCUT2D eigenvalue weighted by molar-refractivity contribution is 5.78. The fourth-order valence-corrected chi connectivity index (χ4v) is 1.79. The van der Waals surface area contributed by atoms with Gasteiger partial charge in [0, 0.05) is 33.9 Å². The number of rotatable bonds is 6. The van der Waals surface area contributed by atoms with Gasteiger partial charge in [0.05, 0.1) is 6.54 Å². The largest absolute Gasteiger partial charge is 0.377 e. The normalized spacial score (nSPS) is 24.8. The number of methoxy groups -OCH3 is 2. The smallest absolute Gasteiger partial charge is 0.236 e. The molecule has 1 aliphatic heterocycles. The van der Waals surface area contributed by atoms with Gasteiger partial charge >= 0.3 is 0 Å². The number of ether oxygens (including phenoxy) is 2. The van der Waals surface area contributed by atoms with Crippen LogP contribution in [0.3, 0.4) is 0 Å². The van der Waals surface area contributed by atoms with Gasteiger partial charge in [0.15, 0.2) is 0 Å². The SMILES string of the molecule is C=CCNCC(=O)N1CC(OC)C(OC)C1. The first-order chi connectivity index (χ1) is 7.72. The van der Waals surface area contributed by atoms with Gasteiger partial charge in [-0.25, -0.2) is 0 Å². The molecule has 1 rings (SSSR count). The van der Waals surface area contributed by atoms with Crippen LogP contribution in [0.4, 0.5) is 0 Å². The molecule has 1 saturated heterocycles. The average molecular weight is 228 g/mol. The third kappa shape index (κ3) is 3.30. The predicted octanol–water partition coefficient (Wildman–Crippen LogP) is -0.366. The Morgan fingerprint density at radius 3 is 2.44 bits per heavy atom. The number of hydrogen-bond donors (Lipinski definition) is 1.